The highest BCUT2D eigenvalue weighted by Gasteiger charge is 2.40. The lowest BCUT2D eigenvalue weighted by Crippen LogP contribution is -2.52. The average molecular weight is 146 g/mol. The van der Waals surface area contributed by atoms with Gasteiger partial charge in [-0.25, -0.2) is 4.79 Å². The summed E-state index contributed by atoms with van der Waals surface area (Å²) in [5, 5.41) is 8.27. The van der Waals surface area contributed by atoms with Crippen LogP contribution < -0.4 is 0 Å². The molecule has 0 atom stereocenters. The minimum absolute atomic E-state index is 0.399. The highest BCUT2D eigenvalue weighted by Crippen LogP contribution is 2.25. The Morgan fingerprint density at radius 2 is 2.40 bits per heavy atom. The molecule has 1 saturated heterocycles. The van der Waals surface area contributed by atoms with Crippen LogP contribution in [0.3, 0.4) is 0 Å². The van der Waals surface area contributed by atoms with E-state index in [9.17, 15) is 4.79 Å². The lowest BCUT2D eigenvalue weighted by molar-refractivity contribution is -0.187. The van der Waals surface area contributed by atoms with Gasteiger partial charge in [-0.2, -0.15) is 0 Å². The minimum atomic E-state index is -1.22. The van der Waals surface area contributed by atoms with E-state index in [1.54, 1.807) is 0 Å². The van der Waals surface area contributed by atoms with Crippen molar-refractivity contribution in [1.82, 2.24) is 0 Å². The fraction of sp³-hybridized carbons (Fsp3) is 0.833. The third kappa shape index (κ3) is 1.21. The van der Waals surface area contributed by atoms with Crippen LogP contribution in [0.25, 0.3) is 0 Å². The van der Waals surface area contributed by atoms with Gasteiger partial charge in [-0.05, 0) is 6.42 Å². The molecule has 1 aliphatic rings. The summed E-state index contributed by atoms with van der Waals surface area (Å²) >= 11 is 0. The molecule has 1 fully saturated rings. The van der Waals surface area contributed by atoms with Crippen LogP contribution in [0.5, 0.6) is 0 Å². The Labute approximate surface area is 58.7 Å². The lowest BCUT2D eigenvalue weighted by Gasteiger charge is -2.38. The smallest absolute Gasteiger partial charge is 0.450 e. The Morgan fingerprint density at radius 3 is 2.50 bits per heavy atom. The Balaban J connectivity index is 2.40. The summed E-state index contributed by atoms with van der Waals surface area (Å²) in [7, 11) is 0. The van der Waals surface area contributed by atoms with Gasteiger partial charge in [0.05, 0.1) is 13.2 Å². The molecule has 10 heavy (non-hydrogen) atoms. The van der Waals surface area contributed by atoms with Crippen LogP contribution in [0.2, 0.25) is 0 Å². The molecule has 4 nitrogen and oxygen atoms in total. The van der Waals surface area contributed by atoms with Crippen molar-refractivity contribution in [2.24, 2.45) is 0 Å². The molecule has 58 valence electrons. The second-order valence-corrected chi connectivity index (χ2v) is 2.40. The molecule has 1 rings (SSSR count). The Hall–Kier alpha value is -0.770. The van der Waals surface area contributed by atoms with Gasteiger partial charge >= 0.3 is 6.16 Å². The monoisotopic (exact) mass is 146 g/mol. The summed E-state index contributed by atoms with van der Waals surface area (Å²) in [6.45, 7) is 2.68. The van der Waals surface area contributed by atoms with Crippen LogP contribution in [0, 0.1) is 0 Å². The molecule has 1 aliphatic heterocycles. The summed E-state index contributed by atoms with van der Waals surface area (Å²) in [4.78, 5) is 10.1. The van der Waals surface area contributed by atoms with Gasteiger partial charge in [0.1, 0.15) is 0 Å². The van der Waals surface area contributed by atoms with Crippen LogP contribution in [0.1, 0.15) is 13.3 Å². The van der Waals surface area contributed by atoms with E-state index in [1.807, 2.05) is 6.92 Å². The average Bonchev–Trinajstić information content (AvgIpc) is 1.78. The maximum atomic E-state index is 10.1. The molecule has 0 aromatic carbocycles. The van der Waals surface area contributed by atoms with Crippen molar-refractivity contribution in [3.63, 3.8) is 0 Å². The number of hydrogen-bond donors (Lipinski definition) is 1. The van der Waals surface area contributed by atoms with E-state index in [0.29, 0.717) is 19.6 Å². The Bertz CT molecular complexity index is 133. The van der Waals surface area contributed by atoms with E-state index < -0.39 is 11.8 Å². The normalized spacial score (nSPS) is 21.3. The molecule has 0 radical (unpaired) electrons. The van der Waals surface area contributed by atoms with Crippen LogP contribution >= 0.6 is 0 Å². The standard InChI is InChI=1S/C6H10O4/c1-2-6(3-9-4-6)10-5(7)8/h2-4H2,1H3,(H,7,8). The minimum Gasteiger partial charge on any atom is -0.450 e. The molecular formula is C6H10O4. The van der Waals surface area contributed by atoms with Crippen molar-refractivity contribution >= 4 is 6.16 Å². The van der Waals surface area contributed by atoms with Gasteiger partial charge in [-0.1, -0.05) is 6.92 Å². The van der Waals surface area contributed by atoms with Gasteiger partial charge in [0.15, 0.2) is 5.60 Å². The van der Waals surface area contributed by atoms with E-state index in [4.69, 9.17) is 9.84 Å². The molecule has 4 heteroatoms. The molecule has 1 N–H and O–H groups in total. The summed E-state index contributed by atoms with van der Waals surface area (Å²) < 4.78 is 9.46. The largest absolute Gasteiger partial charge is 0.506 e. The van der Waals surface area contributed by atoms with Crippen molar-refractivity contribution < 1.29 is 19.4 Å². The second-order valence-electron chi connectivity index (χ2n) is 2.40. The number of carboxylic acid groups (broad SMARTS) is 1. The number of carbonyl (C=O) groups is 1. The summed E-state index contributed by atoms with van der Waals surface area (Å²) in [5.41, 5.74) is -0.536. The molecule has 0 unspecified atom stereocenters. The van der Waals surface area contributed by atoms with E-state index in [2.05, 4.69) is 4.74 Å². The molecular weight excluding hydrogens is 136 g/mol. The number of ether oxygens (including phenoxy) is 2. The van der Waals surface area contributed by atoms with Crippen LogP contribution in [-0.4, -0.2) is 30.1 Å². The van der Waals surface area contributed by atoms with Gasteiger partial charge < -0.3 is 14.6 Å². The lowest BCUT2D eigenvalue weighted by atomic mass is 9.99. The van der Waals surface area contributed by atoms with E-state index in [-0.39, 0.29) is 0 Å². The fourth-order valence-electron chi connectivity index (χ4n) is 0.850. The molecule has 0 aromatic heterocycles. The first-order valence-corrected chi connectivity index (χ1v) is 3.18. The van der Waals surface area contributed by atoms with Crippen molar-refractivity contribution in [2.75, 3.05) is 13.2 Å². The van der Waals surface area contributed by atoms with Crippen molar-refractivity contribution in [3.05, 3.63) is 0 Å². The maximum absolute atomic E-state index is 10.1. The van der Waals surface area contributed by atoms with Gasteiger partial charge in [-0.3, -0.25) is 0 Å². The van der Waals surface area contributed by atoms with E-state index in [0.717, 1.165) is 0 Å². The van der Waals surface area contributed by atoms with Gasteiger partial charge in [0.2, 0.25) is 0 Å². The molecule has 1 heterocycles. The zero-order chi connectivity index (χ0) is 7.61. The summed E-state index contributed by atoms with van der Waals surface area (Å²) in [5.74, 6) is 0. The van der Waals surface area contributed by atoms with Crippen molar-refractivity contribution in [2.45, 2.75) is 18.9 Å². The van der Waals surface area contributed by atoms with E-state index >= 15 is 0 Å². The maximum Gasteiger partial charge on any atom is 0.506 e. The van der Waals surface area contributed by atoms with Crippen LogP contribution in [0.15, 0.2) is 0 Å². The third-order valence-corrected chi connectivity index (χ3v) is 1.68. The van der Waals surface area contributed by atoms with Gasteiger partial charge in [0.25, 0.3) is 0 Å². The summed E-state index contributed by atoms with van der Waals surface area (Å²) in [6, 6.07) is 0. The number of rotatable bonds is 2. The van der Waals surface area contributed by atoms with Crippen LogP contribution in [-0.2, 0) is 9.47 Å². The van der Waals surface area contributed by atoms with Crippen molar-refractivity contribution in [1.29, 1.82) is 0 Å². The Morgan fingerprint density at radius 1 is 1.80 bits per heavy atom. The molecule has 0 aromatic rings. The molecule has 0 saturated carbocycles. The third-order valence-electron chi connectivity index (χ3n) is 1.68. The molecule has 0 spiro atoms. The molecule has 0 bridgehead atoms. The quantitative estimate of drug-likeness (QED) is 0.587. The van der Waals surface area contributed by atoms with Gasteiger partial charge in [-0.15, -0.1) is 0 Å². The second kappa shape index (κ2) is 2.46. The molecule has 0 amide bonds. The fourth-order valence-corrected chi connectivity index (χ4v) is 0.850. The predicted octanol–water partition coefficient (Wildman–Crippen LogP) is 0.860. The number of hydrogen-bond acceptors (Lipinski definition) is 3. The van der Waals surface area contributed by atoms with Crippen molar-refractivity contribution in [3.8, 4) is 0 Å². The first-order valence-electron chi connectivity index (χ1n) is 3.18. The zero-order valence-electron chi connectivity index (χ0n) is 5.79. The first-order chi connectivity index (χ1) is 4.68. The zero-order valence-corrected chi connectivity index (χ0v) is 5.79. The SMILES string of the molecule is CCC1(OC(=O)O)COC1. The van der Waals surface area contributed by atoms with E-state index in [1.165, 1.54) is 0 Å². The Kier molecular flexibility index (Phi) is 1.80. The topological polar surface area (TPSA) is 55.8 Å². The van der Waals surface area contributed by atoms with Crippen LogP contribution in [0.4, 0.5) is 4.79 Å². The highest BCUT2D eigenvalue weighted by molar-refractivity contribution is 5.57. The molecule has 0 aliphatic carbocycles. The van der Waals surface area contributed by atoms with Gasteiger partial charge in [0, 0.05) is 0 Å². The summed E-state index contributed by atoms with van der Waals surface area (Å²) in [6.07, 6.45) is -0.538. The predicted molar refractivity (Wildman–Crippen MR) is 33.0 cm³/mol. The highest BCUT2D eigenvalue weighted by atomic mass is 16.7. The first kappa shape index (κ1) is 7.34.